The number of aromatic nitrogens is 3. The number of nitrogens with one attached hydrogen (secondary N) is 2. The van der Waals surface area contributed by atoms with Gasteiger partial charge in [-0.15, -0.1) is 5.10 Å². The number of anilines is 1. The number of nitrogens with zero attached hydrogens (tertiary/aromatic N) is 3. The van der Waals surface area contributed by atoms with Gasteiger partial charge in [-0.2, -0.15) is 4.98 Å². The highest BCUT2D eigenvalue weighted by Gasteiger charge is 2.14. The number of rotatable bonds is 6. The van der Waals surface area contributed by atoms with Crippen molar-refractivity contribution in [1.29, 1.82) is 0 Å². The van der Waals surface area contributed by atoms with Crippen LogP contribution < -0.4 is 10.2 Å². The second kappa shape index (κ2) is 7.34. The normalized spacial score (nSPS) is 16.9. The zero-order valence-electron chi connectivity index (χ0n) is 10.7. The molecule has 1 aliphatic rings. The van der Waals surface area contributed by atoms with Gasteiger partial charge in [0.05, 0.1) is 6.61 Å². The largest absolute Gasteiger partial charge is 0.375 e. The summed E-state index contributed by atoms with van der Waals surface area (Å²) < 4.78 is 28.6. The number of ether oxygens (including phenoxy) is 1. The fourth-order valence-electron chi connectivity index (χ4n) is 1.93. The molecule has 1 fully saturated rings. The minimum absolute atomic E-state index is 0.223. The van der Waals surface area contributed by atoms with Crippen LogP contribution in [0.3, 0.4) is 0 Å². The Kier molecular flexibility index (Phi) is 5.46. The molecule has 0 saturated carbocycles. The van der Waals surface area contributed by atoms with Gasteiger partial charge in [-0.3, -0.25) is 5.10 Å². The quantitative estimate of drug-likeness (QED) is 0.737. The Bertz CT molecular complexity index is 366. The van der Waals surface area contributed by atoms with Gasteiger partial charge in [-0.05, 0) is 13.0 Å². The molecule has 0 radical (unpaired) electrons. The summed E-state index contributed by atoms with van der Waals surface area (Å²) in [4.78, 5) is 6.47. The molecule has 1 saturated heterocycles. The molecule has 0 atom stereocenters. The van der Waals surface area contributed by atoms with Crippen LogP contribution in [-0.2, 0) is 11.2 Å². The van der Waals surface area contributed by atoms with Gasteiger partial charge in [-0.25, -0.2) is 8.78 Å². The number of hydrogen-bond acceptors (Lipinski definition) is 5. The summed E-state index contributed by atoms with van der Waals surface area (Å²) in [6, 6.07) is 0. The van der Waals surface area contributed by atoms with E-state index >= 15 is 0 Å². The lowest BCUT2D eigenvalue weighted by Crippen LogP contribution is -2.28. The number of aromatic amines is 1. The van der Waals surface area contributed by atoms with Crippen LogP contribution in [0.5, 0.6) is 0 Å². The van der Waals surface area contributed by atoms with Crippen LogP contribution in [0, 0.1) is 0 Å². The van der Waals surface area contributed by atoms with E-state index in [1.165, 1.54) is 0 Å². The monoisotopic (exact) mass is 275 g/mol. The first-order chi connectivity index (χ1) is 9.25. The summed E-state index contributed by atoms with van der Waals surface area (Å²) in [5.41, 5.74) is 0. The summed E-state index contributed by atoms with van der Waals surface area (Å²) in [5, 5.41) is 10.3. The van der Waals surface area contributed by atoms with Gasteiger partial charge in [-0.1, -0.05) is 0 Å². The first-order valence-electron chi connectivity index (χ1n) is 6.48. The first kappa shape index (κ1) is 14.1. The van der Waals surface area contributed by atoms with Crippen molar-refractivity contribution in [2.45, 2.75) is 19.3 Å². The minimum atomic E-state index is -2.42. The Hall–Kier alpha value is -1.28. The highest BCUT2D eigenvalue weighted by atomic mass is 19.3. The third kappa shape index (κ3) is 4.71. The fourth-order valence-corrected chi connectivity index (χ4v) is 1.93. The van der Waals surface area contributed by atoms with Gasteiger partial charge in [0.1, 0.15) is 12.4 Å². The van der Waals surface area contributed by atoms with Crippen LogP contribution in [0.2, 0.25) is 0 Å². The highest BCUT2D eigenvalue weighted by Crippen LogP contribution is 2.09. The second-order valence-electron chi connectivity index (χ2n) is 4.39. The average Bonchev–Trinajstić information content (AvgIpc) is 2.68. The molecular weight excluding hydrogens is 256 g/mol. The first-order valence-corrected chi connectivity index (χ1v) is 6.48. The van der Waals surface area contributed by atoms with E-state index in [2.05, 4.69) is 25.4 Å². The van der Waals surface area contributed by atoms with E-state index in [0.29, 0.717) is 18.2 Å². The smallest absolute Gasteiger partial charge is 0.261 e. The Morgan fingerprint density at radius 2 is 2.21 bits per heavy atom. The van der Waals surface area contributed by atoms with Crippen molar-refractivity contribution < 1.29 is 13.5 Å². The highest BCUT2D eigenvalue weighted by molar-refractivity contribution is 5.28. The Labute approximate surface area is 110 Å². The molecule has 2 N–H and O–H groups in total. The summed E-state index contributed by atoms with van der Waals surface area (Å²) in [6.45, 7) is 3.42. The predicted molar refractivity (Wildman–Crippen MR) is 66.6 cm³/mol. The van der Waals surface area contributed by atoms with Gasteiger partial charge in [0, 0.05) is 26.1 Å². The second-order valence-corrected chi connectivity index (χ2v) is 4.39. The van der Waals surface area contributed by atoms with E-state index in [4.69, 9.17) is 4.74 Å². The molecule has 2 rings (SSSR count). The number of halogens is 2. The van der Waals surface area contributed by atoms with E-state index in [1.807, 2.05) is 0 Å². The van der Waals surface area contributed by atoms with Crippen molar-refractivity contribution in [2.24, 2.45) is 0 Å². The molecule has 0 unspecified atom stereocenters. The Morgan fingerprint density at radius 1 is 1.32 bits per heavy atom. The van der Waals surface area contributed by atoms with Gasteiger partial charge in [0.2, 0.25) is 5.95 Å². The maximum atomic E-state index is 11.9. The molecule has 0 amide bonds. The Balaban J connectivity index is 1.77. The summed E-state index contributed by atoms with van der Waals surface area (Å²) in [5.74, 6) is 1.34. The molecule has 2 heterocycles. The molecule has 8 heteroatoms. The van der Waals surface area contributed by atoms with Gasteiger partial charge < -0.3 is 15.0 Å². The van der Waals surface area contributed by atoms with Crippen molar-refractivity contribution >= 4 is 5.95 Å². The zero-order chi connectivity index (χ0) is 13.5. The fraction of sp³-hybridized carbons (Fsp3) is 0.818. The van der Waals surface area contributed by atoms with Crippen molar-refractivity contribution in [1.82, 2.24) is 20.5 Å². The van der Waals surface area contributed by atoms with Crippen molar-refractivity contribution in [3.8, 4) is 0 Å². The molecule has 19 heavy (non-hydrogen) atoms. The van der Waals surface area contributed by atoms with E-state index in [9.17, 15) is 8.78 Å². The average molecular weight is 275 g/mol. The lowest BCUT2D eigenvalue weighted by molar-refractivity contribution is 0.0183. The van der Waals surface area contributed by atoms with E-state index < -0.39 is 13.0 Å². The molecule has 1 aromatic heterocycles. The van der Waals surface area contributed by atoms with Gasteiger partial charge in [0.25, 0.3) is 6.43 Å². The van der Waals surface area contributed by atoms with E-state index in [1.54, 1.807) is 0 Å². The van der Waals surface area contributed by atoms with Crippen molar-refractivity contribution in [3.05, 3.63) is 5.82 Å². The number of hydrogen-bond donors (Lipinski definition) is 2. The number of alkyl halides is 2. The van der Waals surface area contributed by atoms with E-state index in [-0.39, 0.29) is 6.61 Å². The maximum absolute atomic E-state index is 11.9. The molecule has 1 aromatic rings. The van der Waals surface area contributed by atoms with Crippen LogP contribution in [0.4, 0.5) is 14.7 Å². The van der Waals surface area contributed by atoms with Crippen molar-refractivity contribution in [3.63, 3.8) is 0 Å². The van der Waals surface area contributed by atoms with Crippen LogP contribution >= 0.6 is 0 Å². The molecule has 0 spiro atoms. The summed E-state index contributed by atoms with van der Waals surface area (Å²) in [6.07, 6.45) is -0.900. The number of H-pyrrole nitrogens is 1. The molecule has 0 aromatic carbocycles. The minimum Gasteiger partial charge on any atom is -0.375 e. The third-order valence-electron chi connectivity index (χ3n) is 2.87. The molecule has 6 nitrogen and oxygen atoms in total. The van der Waals surface area contributed by atoms with Crippen LogP contribution in [-0.4, -0.2) is 61.0 Å². The summed E-state index contributed by atoms with van der Waals surface area (Å²) >= 11 is 0. The SMILES string of the molecule is FC(F)COCCc1nc(N2CCCNCC2)n[nH]1. The summed E-state index contributed by atoms with van der Waals surface area (Å²) in [7, 11) is 0. The van der Waals surface area contributed by atoms with E-state index in [0.717, 1.165) is 32.6 Å². The lowest BCUT2D eigenvalue weighted by atomic mass is 10.4. The standard InChI is InChI=1S/C11H19F2N5O/c12-9(13)8-19-7-2-10-15-11(17-16-10)18-5-1-3-14-4-6-18/h9,14H,1-8H2,(H,15,16,17). The zero-order valence-corrected chi connectivity index (χ0v) is 10.7. The van der Waals surface area contributed by atoms with Gasteiger partial charge in [0.15, 0.2) is 0 Å². The predicted octanol–water partition coefficient (Wildman–Crippen LogP) is 0.429. The maximum Gasteiger partial charge on any atom is 0.261 e. The van der Waals surface area contributed by atoms with Crippen molar-refractivity contribution in [2.75, 3.05) is 44.3 Å². The molecule has 0 bridgehead atoms. The van der Waals surface area contributed by atoms with Crippen LogP contribution in [0.25, 0.3) is 0 Å². The molecular formula is C11H19F2N5O. The molecule has 108 valence electrons. The molecule has 1 aliphatic heterocycles. The Morgan fingerprint density at radius 3 is 3.05 bits per heavy atom. The lowest BCUT2D eigenvalue weighted by Gasteiger charge is -2.16. The van der Waals surface area contributed by atoms with Crippen LogP contribution in [0.1, 0.15) is 12.2 Å². The molecule has 0 aliphatic carbocycles. The topological polar surface area (TPSA) is 66.1 Å². The van der Waals surface area contributed by atoms with Crippen LogP contribution in [0.15, 0.2) is 0 Å². The third-order valence-corrected chi connectivity index (χ3v) is 2.87. The van der Waals surface area contributed by atoms with Gasteiger partial charge >= 0.3 is 0 Å².